The zero-order valence-corrected chi connectivity index (χ0v) is 11.0. The van der Waals surface area contributed by atoms with Gasteiger partial charge in [0.2, 0.25) is 0 Å². The van der Waals surface area contributed by atoms with Crippen molar-refractivity contribution in [2.45, 2.75) is 45.6 Å². The van der Waals surface area contributed by atoms with Crippen LogP contribution in [0, 0.1) is 11.8 Å². The predicted octanol–water partition coefficient (Wildman–Crippen LogP) is 3.56. The molecule has 1 aromatic rings. The number of pyridine rings is 1. The molecule has 1 aromatic heterocycles. The Morgan fingerprint density at radius 2 is 2.12 bits per heavy atom. The lowest BCUT2D eigenvalue weighted by atomic mass is 9.83. The van der Waals surface area contributed by atoms with Crippen molar-refractivity contribution in [3.8, 4) is 0 Å². The second-order valence-corrected chi connectivity index (χ2v) is 5.54. The molecule has 94 valence electrons. The summed E-state index contributed by atoms with van der Waals surface area (Å²) in [5.74, 6) is 1.83. The molecular weight excluding hydrogens is 208 g/mol. The summed E-state index contributed by atoms with van der Waals surface area (Å²) < 4.78 is 0. The van der Waals surface area contributed by atoms with Gasteiger partial charge in [-0.25, -0.2) is 0 Å². The van der Waals surface area contributed by atoms with Gasteiger partial charge < -0.3 is 5.32 Å². The van der Waals surface area contributed by atoms with E-state index in [9.17, 15) is 0 Å². The molecule has 1 fully saturated rings. The standard InChI is InChI=1S/C15H24N2/c1-12-5-7-14(8-6-12)10-17-13(2)15-4-3-9-16-11-15/h3-4,9,11-14,17H,5-8,10H2,1-2H3/t12?,13-,14?/m0/s1. The Bertz CT molecular complexity index is 315. The van der Waals surface area contributed by atoms with Crippen molar-refractivity contribution in [1.29, 1.82) is 0 Å². The molecule has 1 atom stereocenters. The maximum atomic E-state index is 4.17. The molecule has 0 aromatic carbocycles. The average Bonchev–Trinajstić information content (AvgIpc) is 2.39. The molecular formula is C15H24N2. The first-order valence-electron chi connectivity index (χ1n) is 6.89. The molecule has 1 heterocycles. The lowest BCUT2D eigenvalue weighted by Gasteiger charge is -2.27. The number of hydrogen-bond acceptors (Lipinski definition) is 2. The highest BCUT2D eigenvalue weighted by Gasteiger charge is 2.18. The normalized spacial score (nSPS) is 26.7. The fourth-order valence-electron chi connectivity index (χ4n) is 2.63. The van der Waals surface area contributed by atoms with Gasteiger partial charge in [0.15, 0.2) is 0 Å². The van der Waals surface area contributed by atoms with Gasteiger partial charge in [-0.15, -0.1) is 0 Å². The highest BCUT2D eigenvalue weighted by Crippen LogP contribution is 2.28. The molecule has 2 nitrogen and oxygen atoms in total. The third kappa shape index (κ3) is 3.81. The van der Waals surface area contributed by atoms with E-state index >= 15 is 0 Å². The van der Waals surface area contributed by atoms with E-state index in [0.29, 0.717) is 6.04 Å². The van der Waals surface area contributed by atoms with Crippen LogP contribution >= 0.6 is 0 Å². The molecule has 0 radical (unpaired) electrons. The van der Waals surface area contributed by atoms with Crippen LogP contribution in [-0.2, 0) is 0 Å². The average molecular weight is 232 g/mol. The summed E-state index contributed by atoms with van der Waals surface area (Å²) in [7, 11) is 0. The molecule has 1 aliphatic carbocycles. The number of hydrogen-bond donors (Lipinski definition) is 1. The van der Waals surface area contributed by atoms with Crippen LogP contribution in [0.1, 0.15) is 51.1 Å². The minimum absolute atomic E-state index is 0.419. The summed E-state index contributed by atoms with van der Waals surface area (Å²) in [6.07, 6.45) is 9.41. The van der Waals surface area contributed by atoms with Crippen LogP contribution in [0.5, 0.6) is 0 Å². The molecule has 17 heavy (non-hydrogen) atoms. The first-order valence-corrected chi connectivity index (χ1v) is 6.89. The molecule has 0 bridgehead atoms. The maximum Gasteiger partial charge on any atom is 0.0315 e. The molecule has 0 saturated heterocycles. The number of nitrogens with zero attached hydrogens (tertiary/aromatic N) is 1. The van der Waals surface area contributed by atoms with E-state index in [-0.39, 0.29) is 0 Å². The fraction of sp³-hybridized carbons (Fsp3) is 0.667. The second kappa shape index (κ2) is 6.15. The van der Waals surface area contributed by atoms with Crippen LogP contribution in [0.3, 0.4) is 0 Å². The van der Waals surface area contributed by atoms with E-state index in [2.05, 4.69) is 30.2 Å². The van der Waals surface area contributed by atoms with Crippen molar-refractivity contribution in [3.05, 3.63) is 30.1 Å². The molecule has 0 spiro atoms. The molecule has 1 saturated carbocycles. The summed E-state index contributed by atoms with van der Waals surface area (Å²) in [6.45, 7) is 5.76. The molecule has 1 aliphatic rings. The van der Waals surface area contributed by atoms with Gasteiger partial charge in [0.25, 0.3) is 0 Å². The Morgan fingerprint density at radius 1 is 1.35 bits per heavy atom. The fourth-order valence-corrected chi connectivity index (χ4v) is 2.63. The Balaban J connectivity index is 1.75. The Hall–Kier alpha value is -0.890. The quantitative estimate of drug-likeness (QED) is 0.858. The van der Waals surface area contributed by atoms with Gasteiger partial charge in [-0.1, -0.05) is 25.8 Å². The molecule has 0 aliphatic heterocycles. The van der Waals surface area contributed by atoms with Crippen molar-refractivity contribution in [2.24, 2.45) is 11.8 Å². The molecule has 0 unspecified atom stereocenters. The van der Waals surface area contributed by atoms with Gasteiger partial charge in [-0.05, 0) is 49.8 Å². The van der Waals surface area contributed by atoms with Crippen LogP contribution in [0.15, 0.2) is 24.5 Å². The lowest BCUT2D eigenvalue weighted by Crippen LogP contribution is -2.28. The summed E-state index contributed by atoms with van der Waals surface area (Å²) in [4.78, 5) is 4.17. The maximum absolute atomic E-state index is 4.17. The number of nitrogens with one attached hydrogen (secondary N) is 1. The highest BCUT2D eigenvalue weighted by molar-refractivity contribution is 5.12. The number of aromatic nitrogens is 1. The zero-order chi connectivity index (χ0) is 12.1. The Kier molecular flexibility index (Phi) is 4.55. The molecule has 1 N–H and O–H groups in total. The van der Waals surface area contributed by atoms with Crippen LogP contribution in [0.25, 0.3) is 0 Å². The topological polar surface area (TPSA) is 24.9 Å². The summed E-state index contributed by atoms with van der Waals surface area (Å²) >= 11 is 0. The van der Waals surface area contributed by atoms with Gasteiger partial charge in [0.1, 0.15) is 0 Å². The Labute approximate surface area is 105 Å². The third-order valence-electron chi connectivity index (χ3n) is 4.03. The minimum atomic E-state index is 0.419. The summed E-state index contributed by atoms with van der Waals surface area (Å²) in [5.41, 5.74) is 1.29. The second-order valence-electron chi connectivity index (χ2n) is 5.54. The first kappa shape index (κ1) is 12.6. The molecule has 2 rings (SSSR count). The van der Waals surface area contributed by atoms with E-state index in [1.165, 1.54) is 31.2 Å². The van der Waals surface area contributed by atoms with Crippen LogP contribution in [-0.4, -0.2) is 11.5 Å². The van der Waals surface area contributed by atoms with Gasteiger partial charge in [-0.3, -0.25) is 4.98 Å². The van der Waals surface area contributed by atoms with Gasteiger partial charge in [0, 0.05) is 18.4 Å². The summed E-state index contributed by atoms with van der Waals surface area (Å²) in [5, 5.41) is 3.64. The lowest BCUT2D eigenvalue weighted by molar-refractivity contribution is 0.276. The first-order chi connectivity index (χ1) is 8.25. The van der Waals surface area contributed by atoms with E-state index < -0.39 is 0 Å². The predicted molar refractivity (Wildman–Crippen MR) is 71.8 cm³/mol. The monoisotopic (exact) mass is 232 g/mol. The third-order valence-corrected chi connectivity index (χ3v) is 4.03. The minimum Gasteiger partial charge on any atom is -0.310 e. The van der Waals surface area contributed by atoms with Crippen molar-refractivity contribution in [3.63, 3.8) is 0 Å². The highest BCUT2D eigenvalue weighted by atomic mass is 14.9. The van der Waals surface area contributed by atoms with E-state index in [1.807, 2.05) is 18.5 Å². The largest absolute Gasteiger partial charge is 0.310 e. The molecule has 0 amide bonds. The summed E-state index contributed by atoms with van der Waals surface area (Å²) in [6, 6.07) is 4.58. The van der Waals surface area contributed by atoms with Crippen molar-refractivity contribution in [2.75, 3.05) is 6.54 Å². The van der Waals surface area contributed by atoms with Crippen LogP contribution in [0.2, 0.25) is 0 Å². The van der Waals surface area contributed by atoms with E-state index in [0.717, 1.165) is 18.4 Å². The van der Waals surface area contributed by atoms with E-state index in [4.69, 9.17) is 0 Å². The smallest absolute Gasteiger partial charge is 0.0315 e. The Morgan fingerprint density at radius 3 is 2.76 bits per heavy atom. The van der Waals surface area contributed by atoms with Crippen LogP contribution in [0.4, 0.5) is 0 Å². The van der Waals surface area contributed by atoms with Crippen molar-refractivity contribution < 1.29 is 0 Å². The zero-order valence-electron chi connectivity index (χ0n) is 11.0. The van der Waals surface area contributed by atoms with Gasteiger partial charge in [-0.2, -0.15) is 0 Å². The van der Waals surface area contributed by atoms with E-state index in [1.54, 1.807) is 0 Å². The SMILES string of the molecule is CC1CCC(CN[C@@H](C)c2cccnc2)CC1. The van der Waals surface area contributed by atoms with Crippen molar-refractivity contribution in [1.82, 2.24) is 10.3 Å². The number of rotatable bonds is 4. The van der Waals surface area contributed by atoms with Crippen LogP contribution < -0.4 is 5.32 Å². The molecule has 2 heteroatoms. The van der Waals surface area contributed by atoms with Gasteiger partial charge >= 0.3 is 0 Å². The van der Waals surface area contributed by atoms with Crippen molar-refractivity contribution >= 4 is 0 Å². The van der Waals surface area contributed by atoms with Gasteiger partial charge in [0.05, 0.1) is 0 Å².